The molecule has 0 heterocycles. The molecule has 2 aromatic rings. The van der Waals surface area contributed by atoms with Crippen molar-refractivity contribution in [3.8, 4) is 5.75 Å². The van der Waals surface area contributed by atoms with E-state index in [4.69, 9.17) is 4.74 Å². The van der Waals surface area contributed by atoms with Crippen molar-refractivity contribution in [2.24, 2.45) is 0 Å². The van der Waals surface area contributed by atoms with Crippen LogP contribution in [0.25, 0.3) is 0 Å². The number of ether oxygens (including phenoxy) is 1. The van der Waals surface area contributed by atoms with Gasteiger partial charge in [-0.25, -0.2) is 4.39 Å². The van der Waals surface area contributed by atoms with Gasteiger partial charge in [0.25, 0.3) is 0 Å². The molecule has 0 aliphatic carbocycles. The van der Waals surface area contributed by atoms with E-state index in [2.05, 4.69) is 47.2 Å². The fourth-order valence-corrected chi connectivity index (χ4v) is 2.54. The molecule has 0 spiro atoms. The van der Waals surface area contributed by atoms with Crippen molar-refractivity contribution in [2.75, 3.05) is 12.4 Å². The Hall–Kier alpha value is -1.55. The zero-order valence-corrected chi connectivity index (χ0v) is 14.2. The van der Waals surface area contributed by atoms with Crippen molar-refractivity contribution in [1.29, 1.82) is 0 Å². The van der Waals surface area contributed by atoms with E-state index in [0.29, 0.717) is 0 Å². The van der Waals surface area contributed by atoms with Gasteiger partial charge in [-0.2, -0.15) is 0 Å². The molecule has 2 aromatic carbocycles. The van der Waals surface area contributed by atoms with Crippen LogP contribution in [0.2, 0.25) is 0 Å². The number of halogens is 2. The molecule has 4 heteroatoms. The Balaban J connectivity index is 2.23. The lowest BCUT2D eigenvalue weighted by Gasteiger charge is -2.18. The molecule has 1 atom stereocenters. The SMILES string of the molecule is COc1cc(C(C)Nc2cc(C)c(Br)c(C)c2)ccc1F. The number of methoxy groups -OCH3 is 1. The van der Waals surface area contributed by atoms with Gasteiger partial charge in [0.15, 0.2) is 11.6 Å². The molecule has 1 N–H and O–H groups in total. The minimum atomic E-state index is -0.344. The molecule has 2 nitrogen and oxygen atoms in total. The Bertz CT molecular complexity index is 634. The molecule has 112 valence electrons. The van der Waals surface area contributed by atoms with Crippen molar-refractivity contribution in [3.05, 3.63) is 57.3 Å². The van der Waals surface area contributed by atoms with Crippen LogP contribution in [0.15, 0.2) is 34.8 Å². The quantitative estimate of drug-likeness (QED) is 0.797. The van der Waals surface area contributed by atoms with Crippen molar-refractivity contribution in [2.45, 2.75) is 26.8 Å². The minimum Gasteiger partial charge on any atom is -0.494 e. The van der Waals surface area contributed by atoms with Crippen molar-refractivity contribution >= 4 is 21.6 Å². The van der Waals surface area contributed by atoms with Gasteiger partial charge in [-0.1, -0.05) is 22.0 Å². The van der Waals surface area contributed by atoms with E-state index in [0.717, 1.165) is 15.7 Å². The van der Waals surface area contributed by atoms with Gasteiger partial charge in [-0.05, 0) is 61.7 Å². The standard InChI is InChI=1S/C17H19BrFNO/c1-10-7-14(8-11(2)17(10)18)20-12(3)13-5-6-15(19)16(9-13)21-4/h5-9,12,20H,1-4H3. The molecule has 0 aliphatic heterocycles. The third-order valence-corrected chi connectivity index (χ3v) is 4.75. The van der Waals surface area contributed by atoms with Crippen molar-refractivity contribution < 1.29 is 9.13 Å². The topological polar surface area (TPSA) is 21.3 Å². The van der Waals surface area contributed by atoms with Gasteiger partial charge in [-0.3, -0.25) is 0 Å². The molecule has 0 amide bonds. The van der Waals surface area contributed by atoms with Gasteiger partial charge in [0.2, 0.25) is 0 Å². The first kappa shape index (κ1) is 15.8. The van der Waals surface area contributed by atoms with Crippen LogP contribution in [0.3, 0.4) is 0 Å². The Kier molecular flexibility index (Phi) is 4.88. The van der Waals surface area contributed by atoms with E-state index in [1.165, 1.54) is 24.3 Å². The van der Waals surface area contributed by atoms with Gasteiger partial charge >= 0.3 is 0 Å². The normalized spacial score (nSPS) is 12.1. The van der Waals surface area contributed by atoms with E-state index >= 15 is 0 Å². The second-order valence-corrected chi connectivity index (χ2v) is 5.98. The van der Waals surface area contributed by atoms with Crippen LogP contribution in [-0.2, 0) is 0 Å². The summed E-state index contributed by atoms with van der Waals surface area (Å²) in [4.78, 5) is 0. The Labute approximate surface area is 133 Å². The fourth-order valence-electron chi connectivity index (χ4n) is 2.31. The summed E-state index contributed by atoms with van der Waals surface area (Å²) in [7, 11) is 1.47. The van der Waals surface area contributed by atoms with Gasteiger partial charge in [0.1, 0.15) is 0 Å². The van der Waals surface area contributed by atoms with Gasteiger partial charge in [0.05, 0.1) is 7.11 Å². The summed E-state index contributed by atoms with van der Waals surface area (Å²) >= 11 is 3.57. The van der Waals surface area contributed by atoms with E-state index in [9.17, 15) is 4.39 Å². The highest BCUT2D eigenvalue weighted by Gasteiger charge is 2.11. The number of benzene rings is 2. The molecule has 0 saturated carbocycles. The van der Waals surface area contributed by atoms with Crippen LogP contribution in [0.1, 0.15) is 29.7 Å². The fraction of sp³-hybridized carbons (Fsp3) is 0.294. The predicted octanol–water partition coefficient (Wildman–Crippen LogP) is 5.39. The lowest BCUT2D eigenvalue weighted by molar-refractivity contribution is 0.385. The van der Waals surface area contributed by atoms with E-state index in [-0.39, 0.29) is 17.6 Å². The first-order chi connectivity index (χ1) is 9.92. The number of nitrogens with one attached hydrogen (secondary N) is 1. The highest BCUT2D eigenvalue weighted by molar-refractivity contribution is 9.10. The highest BCUT2D eigenvalue weighted by Crippen LogP contribution is 2.29. The zero-order valence-electron chi connectivity index (χ0n) is 12.6. The average molecular weight is 352 g/mol. The summed E-state index contributed by atoms with van der Waals surface area (Å²) in [6, 6.07) is 9.17. The Morgan fingerprint density at radius 2 is 1.76 bits per heavy atom. The highest BCUT2D eigenvalue weighted by atomic mass is 79.9. The molecule has 0 aromatic heterocycles. The maximum absolute atomic E-state index is 13.5. The van der Waals surface area contributed by atoms with Crippen LogP contribution in [0.4, 0.5) is 10.1 Å². The molecule has 1 unspecified atom stereocenters. The third-order valence-electron chi connectivity index (χ3n) is 3.49. The number of aryl methyl sites for hydroxylation is 2. The van der Waals surface area contributed by atoms with Crippen LogP contribution >= 0.6 is 15.9 Å². The molecule has 21 heavy (non-hydrogen) atoms. The predicted molar refractivity (Wildman–Crippen MR) is 88.6 cm³/mol. The summed E-state index contributed by atoms with van der Waals surface area (Å²) in [5.74, 6) is -0.0758. The number of rotatable bonds is 4. The summed E-state index contributed by atoms with van der Waals surface area (Å²) in [5, 5.41) is 3.44. The lowest BCUT2D eigenvalue weighted by Crippen LogP contribution is -2.07. The number of anilines is 1. The lowest BCUT2D eigenvalue weighted by atomic mass is 10.1. The average Bonchev–Trinajstić information content (AvgIpc) is 2.45. The number of hydrogen-bond donors (Lipinski definition) is 1. The van der Waals surface area contributed by atoms with E-state index in [1.54, 1.807) is 12.1 Å². The Morgan fingerprint density at radius 1 is 1.14 bits per heavy atom. The first-order valence-electron chi connectivity index (χ1n) is 6.79. The summed E-state index contributed by atoms with van der Waals surface area (Å²) in [6.07, 6.45) is 0. The largest absolute Gasteiger partial charge is 0.494 e. The number of hydrogen-bond acceptors (Lipinski definition) is 2. The minimum absolute atomic E-state index is 0.0551. The smallest absolute Gasteiger partial charge is 0.165 e. The second-order valence-electron chi connectivity index (χ2n) is 5.18. The molecular weight excluding hydrogens is 333 g/mol. The van der Waals surface area contributed by atoms with E-state index < -0.39 is 0 Å². The second kappa shape index (κ2) is 6.48. The Morgan fingerprint density at radius 3 is 2.33 bits per heavy atom. The maximum atomic E-state index is 13.5. The molecule has 0 fully saturated rings. The molecule has 0 bridgehead atoms. The van der Waals surface area contributed by atoms with Crippen LogP contribution in [-0.4, -0.2) is 7.11 Å². The van der Waals surface area contributed by atoms with Crippen molar-refractivity contribution in [3.63, 3.8) is 0 Å². The first-order valence-corrected chi connectivity index (χ1v) is 7.58. The van der Waals surface area contributed by atoms with Gasteiger partial charge < -0.3 is 10.1 Å². The third kappa shape index (κ3) is 3.56. The zero-order chi connectivity index (χ0) is 15.6. The summed E-state index contributed by atoms with van der Waals surface area (Å²) in [6.45, 7) is 6.17. The summed E-state index contributed by atoms with van der Waals surface area (Å²) in [5.41, 5.74) is 4.39. The van der Waals surface area contributed by atoms with Crippen LogP contribution in [0.5, 0.6) is 5.75 Å². The summed E-state index contributed by atoms with van der Waals surface area (Å²) < 4.78 is 19.6. The van der Waals surface area contributed by atoms with E-state index in [1.807, 2.05) is 6.92 Å². The van der Waals surface area contributed by atoms with Gasteiger partial charge in [-0.15, -0.1) is 0 Å². The molecule has 0 saturated heterocycles. The molecule has 2 rings (SSSR count). The molecule has 0 aliphatic rings. The monoisotopic (exact) mass is 351 g/mol. The van der Waals surface area contributed by atoms with Gasteiger partial charge in [0, 0.05) is 16.2 Å². The van der Waals surface area contributed by atoms with Crippen molar-refractivity contribution in [1.82, 2.24) is 0 Å². The van der Waals surface area contributed by atoms with Crippen LogP contribution < -0.4 is 10.1 Å². The maximum Gasteiger partial charge on any atom is 0.165 e. The molecular formula is C17H19BrFNO. The molecule has 0 radical (unpaired) electrons. The van der Waals surface area contributed by atoms with Crippen LogP contribution in [0, 0.1) is 19.7 Å².